The van der Waals surface area contributed by atoms with Crippen LogP contribution in [0.3, 0.4) is 0 Å². The van der Waals surface area contributed by atoms with Crippen molar-refractivity contribution in [3.8, 4) is 0 Å². The number of aryl methyl sites for hydroxylation is 1. The van der Waals surface area contributed by atoms with E-state index >= 15 is 0 Å². The molecule has 0 bridgehead atoms. The van der Waals surface area contributed by atoms with Crippen molar-refractivity contribution < 1.29 is 4.79 Å². The number of hydrazine groups is 1. The first-order valence-electron chi connectivity index (χ1n) is 8.46. The Hall–Kier alpha value is -2.25. The maximum absolute atomic E-state index is 12.8. The number of benzene rings is 1. The van der Waals surface area contributed by atoms with Gasteiger partial charge >= 0.3 is 0 Å². The van der Waals surface area contributed by atoms with Crippen molar-refractivity contribution in [2.75, 3.05) is 6.54 Å². The van der Waals surface area contributed by atoms with E-state index in [1.807, 2.05) is 48.9 Å². The fourth-order valence-corrected chi connectivity index (χ4v) is 3.13. The van der Waals surface area contributed by atoms with Gasteiger partial charge in [0.1, 0.15) is 12.2 Å². The highest BCUT2D eigenvalue weighted by atomic mass is 16.2. The number of nitrogens with zero attached hydrogens (tertiary/aromatic N) is 3. The van der Waals surface area contributed by atoms with Gasteiger partial charge in [-0.3, -0.25) is 10.2 Å². The van der Waals surface area contributed by atoms with Gasteiger partial charge in [0, 0.05) is 13.1 Å². The first-order chi connectivity index (χ1) is 11.7. The summed E-state index contributed by atoms with van der Waals surface area (Å²) in [6.45, 7) is 5.39. The second-order valence-corrected chi connectivity index (χ2v) is 5.92. The number of aromatic nitrogens is 3. The number of hydrogen-bond donors (Lipinski definition) is 3. The molecule has 0 spiro atoms. The summed E-state index contributed by atoms with van der Waals surface area (Å²) in [6.07, 6.45) is 2.31. The smallest absolute Gasteiger partial charge is 0.227 e. The summed E-state index contributed by atoms with van der Waals surface area (Å²) in [6, 6.07) is 9.87. The van der Waals surface area contributed by atoms with Gasteiger partial charge in [0.15, 0.2) is 0 Å². The Bertz CT molecular complexity index is 671. The lowest BCUT2D eigenvalue weighted by Gasteiger charge is -2.22. The third-order valence-corrected chi connectivity index (χ3v) is 4.46. The predicted molar refractivity (Wildman–Crippen MR) is 90.7 cm³/mol. The van der Waals surface area contributed by atoms with E-state index in [9.17, 15) is 4.79 Å². The Morgan fingerprint density at radius 2 is 2.17 bits per heavy atom. The van der Waals surface area contributed by atoms with Gasteiger partial charge < -0.3 is 5.32 Å². The van der Waals surface area contributed by atoms with E-state index in [-0.39, 0.29) is 23.9 Å². The molecule has 1 aliphatic rings. The molecule has 24 heavy (non-hydrogen) atoms. The van der Waals surface area contributed by atoms with Crippen LogP contribution in [0, 0.1) is 5.92 Å². The van der Waals surface area contributed by atoms with Crippen molar-refractivity contribution >= 4 is 5.91 Å². The molecule has 7 heteroatoms. The second kappa shape index (κ2) is 7.55. The molecule has 0 saturated carbocycles. The van der Waals surface area contributed by atoms with Gasteiger partial charge in [-0.05, 0) is 18.9 Å². The summed E-state index contributed by atoms with van der Waals surface area (Å²) in [7, 11) is 0. The fraction of sp³-hybridized carbons (Fsp3) is 0.471. The SMILES string of the molecule is CCC(NC(=O)C1CNNC1c1ccccc1)c1ncnn1CC. The summed E-state index contributed by atoms with van der Waals surface area (Å²) in [5.74, 6) is 0.668. The summed E-state index contributed by atoms with van der Waals surface area (Å²) in [4.78, 5) is 17.2. The Morgan fingerprint density at radius 1 is 1.38 bits per heavy atom. The van der Waals surface area contributed by atoms with E-state index in [2.05, 4.69) is 26.3 Å². The van der Waals surface area contributed by atoms with Crippen molar-refractivity contribution in [2.45, 2.75) is 38.9 Å². The molecule has 3 rings (SSSR count). The fourth-order valence-electron chi connectivity index (χ4n) is 3.13. The van der Waals surface area contributed by atoms with Gasteiger partial charge in [-0.25, -0.2) is 15.1 Å². The Kier molecular flexibility index (Phi) is 5.22. The minimum absolute atomic E-state index is 0.0267. The maximum Gasteiger partial charge on any atom is 0.227 e. The lowest BCUT2D eigenvalue weighted by molar-refractivity contribution is -0.125. The minimum atomic E-state index is -0.167. The van der Waals surface area contributed by atoms with Crippen LogP contribution in [-0.4, -0.2) is 27.2 Å². The highest BCUT2D eigenvalue weighted by Gasteiger charge is 2.35. The minimum Gasteiger partial charge on any atom is -0.346 e. The standard InChI is InChI=1S/C17H24N6O/c1-3-14(16-18-11-20-23(16)4-2)21-17(24)13-10-19-22-15(13)12-8-6-5-7-9-12/h5-9,11,13-15,19,22H,3-4,10H2,1-2H3,(H,21,24). The van der Waals surface area contributed by atoms with E-state index in [1.54, 1.807) is 6.33 Å². The monoisotopic (exact) mass is 328 g/mol. The molecule has 1 amide bonds. The average molecular weight is 328 g/mol. The van der Waals surface area contributed by atoms with Crippen molar-refractivity contribution in [1.82, 2.24) is 30.9 Å². The number of carbonyl (C=O) groups excluding carboxylic acids is 1. The van der Waals surface area contributed by atoms with Crippen LogP contribution in [0.25, 0.3) is 0 Å². The maximum atomic E-state index is 12.8. The van der Waals surface area contributed by atoms with Crippen molar-refractivity contribution in [1.29, 1.82) is 0 Å². The van der Waals surface area contributed by atoms with Gasteiger partial charge in [0.25, 0.3) is 0 Å². The number of rotatable bonds is 6. The first-order valence-corrected chi connectivity index (χ1v) is 8.46. The van der Waals surface area contributed by atoms with Crippen molar-refractivity contribution in [2.24, 2.45) is 5.92 Å². The molecule has 0 aliphatic carbocycles. The van der Waals surface area contributed by atoms with Crippen LogP contribution in [0.15, 0.2) is 36.7 Å². The Balaban J connectivity index is 1.73. The van der Waals surface area contributed by atoms with Crippen LogP contribution >= 0.6 is 0 Å². The third-order valence-electron chi connectivity index (χ3n) is 4.46. The Labute approximate surface area is 141 Å². The van der Waals surface area contributed by atoms with Crippen LogP contribution in [0.4, 0.5) is 0 Å². The van der Waals surface area contributed by atoms with Crippen LogP contribution < -0.4 is 16.2 Å². The molecule has 3 N–H and O–H groups in total. The van der Waals surface area contributed by atoms with E-state index in [0.29, 0.717) is 6.54 Å². The molecular weight excluding hydrogens is 304 g/mol. The molecular formula is C17H24N6O. The van der Waals surface area contributed by atoms with Gasteiger partial charge in [0.2, 0.25) is 5.91 Å². The van der Waals surface area contributed by atoms with Crippen LogP contribution in [0.1, 0.15) is 43.7 Å². The van der Waals surface area contributed by atoms with E-state index in [0.717, 1.165) is 24.4 Å². The van der Waals surface area contributed by atoms with Crippen molar-refractivity contribution in [3.05, 3.63) is 48.0 Å². The largest absolute Gasteiger partial charge is 0.346 e. The predicted octanol–water partition coefficient (Wildman–Crippen LogP) is 1.33. The van der Waals surface area contributed by atoms with Gasteiger partial charge in [0.05, 0.1) is 18.0 Å². The molecule has 128 valence electrons. The molecule has 0 radical (unpaired) electrons. The van der Waals surface area contributed by atoms with Crippen LogP contribution in [-0.2, 0) is 11.3 Å². The molecule has 3 unspecified atom stereocenters. The summed E-state index contributed by atoms with van der Waals surface area (Å²) < 4.78 is 1.83. The topological polar surface area (TPSA) is 83.9 Å². The van der Waals surface area contributed by atoms with Gasteiger partial charge in [-0.15, -0.1) is 0 Å². The molecule has 1 fully saturated rings. The van der Waals surface area contributed by atoms with Gasteiger partial charge in [-0.2, -0.15) is 5.10 Å². The summed E-state index contributed by atoms with van der Waals surface area (Å²) in [5.41, 5.74) is 7.42. The molecule has 1 aliphatic heterocycles. The number of amides is 1. The third kappa shape index (κ3) is 3.32. The molecule has 2 aromatic rings. The zero-order valence-electron chi connectivity index (χ0n) is 14.1. The first kappa shape index (κ1) is 16.6. The highest BCUT2D eigenvalue weighted by molar-refractivity contribution is 5.80. The molecule has 1 aromatic carbocycles. The highest BCUT2D eigenvalue weighted by Crippen LogP contribution is 2.26. The lowest BCUT2D eigenvalue weighted by Crippen LogP contribution is -2.38. The molecule has 2 heterocycles. The van der Waals surface area contributed by atoms with Crippen molar-refractivity contribution in [3.63, 3.8) is 0 Å². The van der Waals surface area contributed by atoms with E-state index in [1.165, 1.54) is 0 Å². The second-order valence-electron chi connectivity index (χ2n) is 5.92. The number of nitrogens with one attached hydrogen (secondary N) is 3. The van der Waals surface area contributed by atoms with Crippen LogP contribution in [0.2, 0.25) is 0 Å². The zero-order valence-corrected chi connectivity index (χ0v) is 14.1. The molecule has 1 aromatic heterocycles. The molecule has 1 saturated heterocycles. The average Bonchev–Trinajstić information content (AvgIpc) is 3.29. The summed E-state index contributed by atoms with van der Waals surface area (Å²) >= 11 is 0. The number of hydrogen-bond acceptors (Lipinski definition) is 5. The van der Waals surface area contributed by atoms with Crippen LogP contribution in [0.5, 0.6) is 0 Å². The lowest BCUT2D eigenvalue weighted by atomic mass is 9.94. The molecule has 7 nitrogen and oxygen atoms in total. The normalized spacial score (nSPS) is 21.6. The zero-order chi connectivity index (χ0) is 16.9. The number of carbonyl (C=O) groups is 1. The van der Waals surface area contributed by atoms with Gasteiger partial charge in [-0.1, -0.05) is 37.3 Å². The van der Waals surface area contributed by atoms with E-state index < -0.39 is 0 Å². The Morgan fingerprint density at radius 3 is 2.88 bits per heavy atom. The van der Waals surface area contributed by atoms with E-state index in [4.69, 9.17) is 0 Å². The molecule has 3 atom stereocenters. The quantitative estimate of drug-likeness (QED) is 0.745. The summed E-state index contributed by atoms with van der Waals surface area (Å²) in [5, 5.41) is 7.34.